The van der Waals surface area contributed by atoms with Crippen LogP contribution in [0.25, 0.3) is 0 Å². The molecule has 1 atom stereocenters. The minimum atomic E-state index is -0.559. The number of aryl methyl sites for hydroxylation is 1. The molecule has 0 spiro atoms. The molecule has 1 rings (SSSR count). The first-order chi connectivity index (χ1) is 7.69. The van der Waals surface area contributed by atoms with Gasteiger partial charge in [0.2, 0.25) is 0 Å². The smallest absolute Gasteiger partial charge is 0.121 e. The van der Waals surface area contributed by atoms with Gasteiger partial charge in [-0.3, -0.25) is 0 Å². The topological polar surface area (TPSA) is 38.7 Å². The second kappa shape index (κ2) is 6.51. The zero-order chi connectivity index (χ0) is 12.0. The summed E-state index contributed by atoms with van der Waals surface area (Å²) < 4.78 is 10.5. The van der Waals surface area contributed by atoms with E-state index in [2.05, 4.69) is 0 Å². The second-order valence-electron chi connectivity index (χ2n) is 3.82. The number of hydrogen-bond donors (Lipinski definition) is 1. The molecular formula is C13H20O3. The van der Waals surface area contributed by atoms with Crippen molar-refractivity contribution in [1.82, 2.24) is 0 Å². The van der Waals surface area contributed by atoms with Gasteiger partial charge in [0.05, 0.1) is 13.7 Å². The Morgan fingerprint density at radius 1 is 1.38 bits per heavy atom. The van der Waals surface area contributed by atoms with Gasteiger partial charge in [0.25, 0.3) is 0 Å². The van der Waals surface area contributed by atoms with Crippen LogP contribution in [-0.2, 0) is 4.74 Å². The largest absolute Gasteiger partial charge is 0.496 e. The Balaban J connectivity index is 2.62. The number of aliphatic hydroxyl groups is 1. The van der Waals surface area contributed by atoms with Gasteiger partial charge in [0.1, 0.15) is 11.9 Å². The highest BCUT2D eigenvalue weighted by Gasteiger charge is 2.09. The van der Waals surface area contributed by atoms with Crippen molar-refractivity contribution in [1.29, 1.82) is 0 Å². The first-order valence-electron chi connectivity index (χ1n) is 5.59. The summed E-state index contributed by atoms with van der Waals surface area (Å²) in [6.45, 7) is 5.04. The molecule has 0 bridgehead atoms. The average Bonchev–Trinajstić information content (AvgIpc) is 2.29. The van der Waals surface area contributed by atoms with Gasteiger partial charge >= 0.3 is 0 Å². The number of methoxy groups -OCH3 is 1. The Hall–Kier alpha value is -1.06. The lowest BCUT2D eigenvalue weighted by Crippen LogP contribution is -2.08. The lowest BCUT2D eigenvalue weighted by Gasteiger charge is -2.13. The third kappa shape index (κ3) is 3.51. The Kier molecular flexibility index (Phi) is 5.29. The van der Waals surface area contributed by atoms with Crippen LogP contribution in [0.1, 0.15) is 30.6 Å². The van der Waals surface area contributed by atoms with Gasteiger partial charge in [-0.05, 0) is 36.6 Å². The van der Waals surface area contributed by atoms with Crippen molar-refractivity contribution in [2.75, 3.05) is 20.3 Å². The lowest BCUT2D eigenvalue weighted by molar-refractivity contribution is 0.0363. The number of ether oxygens (including phenoxy) is 2. The normalized spacial score (nSPS) is 12.5. The van der Waals surface area contributed by atoms with Crippen molar-refractivity contribution < 1.29 is 14.6 Å². The van der Waals surface area contributed by atoms with Crippen LogP contribution < -0.4 is 4.74 Å². The highest BCUT2D eigenvalue weighted by Crippen LogP contribution is 2.22. The molecule has 0 aliphatic carbocycles. The van der Waals surface area contributed by atoms with Crippen LogP contribution in [0.4, 0.5) is 0 Å². The van der Waals surface area contributed by atoms with Gasteiger partial charge in [-0.25, -0.2) is 0 Å². The van der Waals surface area contributed by atoms with Crippen LogP contribution >= 0.6 is 0 Å². The van der Waals surface area contributed by atoms with E-state index < -0.39 is 6.10 Å². The molecule has 3 heteroatoms. The van der Waals surface area contributed by atoms with Crippen molar-refractivity contribution in [3.8, 4) is 5.75 Å². The summed E-state index contributed by atoms with van der Waals surface area (Å²) in [6.07, 6.45) is 0.408. The molecule has 1 aromatic rings. The van der Waals surface area contributed by atoms with E-state index in [9.17, 15) is 5.11 Å². The number of hydrogen-bond acceptors (Lipinski definition) is 3. The fraction of sp³-hybridized carbons (Fsp3) is 0.538. The summed E-state index contributed by atoms with van der Waals surface area (Å²) in [5.74, 6) is 0.838. The fourth-order valence-electron chi connectivity index (χ4n) is 1.54. The summed E-state index contributed by atoms with van der Waals surface area (Å²) in [5, 5.41) is 9.87. The number of benzene rings is 1. The molecule has 16 heavy (non-hydrogen) atoms. The predicted molar refractivity (Wildman–Crippen MR) is 63.8 cm³/mol. The second-order valence-corrected chi connectivity index (χ2v) is 3.82. The molecule has 1 N–H and O–H groups in total. The lowest BCUT2D eigenvalue weighted by atomic mass is 10.1. The molecular weight excluding hydrogens is 204 g/mol. The average molecular weight is 224 g/mol. The molecule has 0 saturated heterocycles. The summed E-state index contributed by atoms with van der Waals surface area (Å²) in [5.41, 5.74) is 1.89. The SMILES string of the molecule is CCCOCC(O)c1ccc(OC)c(C)c1. The van der Waals surface area contributed by atoms with Crippen LogP contribution in [-0.4, -0.2) is 25.4 Å². The van der Waals surface area contributed by atoms with Crippen molar-refractivity contribution in [2.45, 2.75) is 26.4 Å². The summed E-state index contributed by atoms with van der Waals surface area (Å²) in [6, 6.07) is 5.66. The van der Waals surface area contributed by atoms with Gasteiger partial charge in [-0.1, -0.05) is 13.0 Å². The van der Waals surface area contributed by atoms with E-state index in [1.54, 1.807) is 7.11 Å². The minimum absolute atomic E-state index is 0.347. The highest BCUT2D eigenvalue weighted by atomic mass is 16.5. The highest BCUT2D eigenvalue weighted by molar-refractivity contribution is 5.36. The number of rotatable bonds is 6. The molecule has 1 aromatic carbocycles. The number of aliphatic hydroxyl groups excluding tert-OH is 1. The Morgan fingerprint density at radius 3 is 2.69 bits per heavy atom. The van der Waals surface area contributed by atoms with Crippen LogP contribution in [0.5, 0.6) is 5.75 Å². The molecule has 0 aromatic heterocycles. The third-order valence-corrected chi connectivity index (χ3v) is 2.43. The molecule has 90 valence electrons. The molecule has 0 fully saturated rings. The summed E-state index contributed by atoms with van der Waals surface area (Å²) in [4.78, 5) is 0. The van der Waals surface area contributed by atoms with Gasteiger partial charge in [-0.2, -0.15) is 0 Å². The van der Waals surface area contributed by atoms with E-state index in [0.717, 1.165) is 23.3 Å². The molecule has 1 unspecified atom stereocenters. The van der Waals surface area contributed by atoms with Crippen molar-refractivity contribution >= 4 is 0 Å². The Labute approximate surface area is 97.0 Å². The molecule has 0 radical (unpaired) electrons. The first-order valence-corrected chi connectivity index (χ1v) is 5.59. The maximum atomic E-state index is 9.87. The summed E-state index contributed by atoms with van der Waals surface area (Å²) in [7, 11) is 1.64. The van der Waals surface area contributed by atoms with Gasteiger partial charge in [0, 0.05) is 6.61 Å². The predicted octanol–water partition coefficient (Wildman–Crippen LogP) is 2.46. The standard InChI is InChI=1S/C13H20O3/c1-4-7-16-9-12(14)11-5-6-13(15-3)10(2)8-11/h5-6,8,12,14H,4,7,9H2,1-3H3. The van der Waals surface area contributed by atoms with E-state index in [1.807, 2.05) is 32.0 Å². The quantitative estimate of drug-likeness (QED) is 0.754. The van der Waals surface area contributed by atoms with Crippen molar-refractivity contribution in [3.05, 3.63) is 29.3 Å². The van der Waals surface area contributed by atoms with E-state index in [0.29, 0.717) is 13.2 Å². The van der Waals surface area contributed by atoms with E-state index in [4.69, 9.17) is 9.47 Å². The van der Waals surface area contributed by atoms with E-state index in [-0.39, 0.29) is 0 Å². The van der Waals surface area contributed by atoms with Crippen LogP contribution in [0.2, 0.25) is 0 Å². The molecule has 0 aliphatic heterocycles. The first kappa shape index (κ1) is 13.0. The molecule has 3 nitrogen and oxygen atoms in total. The summed E-state index contributed by atoms with van der Waals surface area (Å²) >= 11 is 0. The molecule has 0 saturated carbocycles. The van der Waals surface area contributed by atoms with E-state index in [1.165, 1.54) is 0 Å². The maximum Gasteiger partial charge on any atom is 0.121 e. The van der Waals surface area contributed by atoms with E-state index >= 15 is 0 Å². The Morgan fingerprint density at radius 2 is 2.12 bits per heavy atom. The maximum absolute atomic E-state index is 9.87. The molecule has 0 amide bonds. The zero-order valence-electron chi connectivity index (χ0n) is 10.2. The molecule has 0 aliphatic rings. The van der Waals surface area contributed by atoms with Gasteiger partial charge in [-0.15, -0.1) is 0 Å². The van der Waals surface area contributed by atoms with Crippen LogP contribution in [0.3, 0.4) is 0 Å². The van der Waals surface area contributed by atoms with Crippen molar-refractivity contribution in [3.63, 3.8) is 0 Å². The fourth-order valence-corrected chi connectivity index (χ4v) is 1.54. The van der Waals surface area contributed by atoms with Crippen LogP contribution in [0.15, 0.2) is 18.2 Å². The Bertz CT molecular complexity index is 323. The van der Waals surface area contributed by atoms with Gasteiger partial charge < -0.3 is 14.6 Å². The monoisotopic (exact) mass is 224 g/mol. The minimum Gasteiger partial charge on any atom is -0.496 e. The van der Waals surface area contributed by atoms with Crippen LogP contribution in [0, 0.1) is 6.92 Å². The molecule has 0 heterocycles. The van der Waals surface area contributed by atoms with Crippen molar-refractivity contribution in [2.24, 2.45) is 0 Å². The zero-order valence-corrected chi connectivity index (χ0v) is 10.2. The van der Waals surface area contributed by atoms with Gasteiger partial charge in [0.15, 0.2) is 0 Å². The third-order valence-electron chi connectivity index (χ3n) is 2.43.